The first-order valence-electron chi connectivity index (χ1n) is 6.48. The van der Waals surface area contributed by atoms with Crippen LogP contribution in [0.5, 0.6) is 17.8 Å². The van der Waals surface area contributed by atoms with Gasteiger partial charge in [0.25, 0.3) is 0 Å². The monoisotopic (exact) mass is 352 g/mol. The largest absolute Gasteiger partial charge is 0.467 e. The molecule has 0 unspecified atom stereocenters. The molecule has 112 valence electrons. The fourth-order valence-corrected chi connectivity index (χ4v) is 2.13. The first-order chi connectivity index (χ1) is 10.0. The number of nitrogens with one attached hydrogen (secondary N) is 1. The first-order valence-corrected chi connectivity index (χ1v) is 7.28. The Bertz CT molecular complexity index is 612. The Morgan fingerprint density at radius 2 is 1.86 bits per heavy atom. The number of hydrogen-bond donors (Lipinski definition) is 1. The molecular formula is C14H17BrN4O2. The van der Waals surface area contributed by atoms with Crippen molar-refractivity contribution in [2.24, 2.45) is 0 Å². The molecule has 1 aromatic heterocycles. The molecule has 0 radical (unpaired) electrons. The van der Waals surface area contributed by atoms with Crippen LogP contribution in [-0.2, 0) is 0 Å². The summed E-state index contributed by atoms with van der Waals surface area (Å²) in [4.78, 5) is 12.3. The van der Waals surface area contributed by atoms with Crippen molar-refractivity contribution in [2.75, 3.05) is 19.5 Å². The lowest BCUT2D eigenvalue weighted by Crippen LogP contribution is -2.04. The maximum Gasteiger partial charge on any atom is 0.330 e. The van der Waals surface area contributed by atoms with Crippen LogP contribution in [0.3, 0.4) is 0 Å². The van der Waals surface area contributed by atoms with E-state index in [-0.39, 0.29) is 12.0 Å². The van der Waals surface area contributed by atoms with Gasteiger partial charge in [0, 0.05) is 11.5 Å². The van der Waals surface area contributed by atoms with E-state index in [2.05, 4.69) is 50.0 Å². The molecule has 0 aliphatic carbocycles. The lowest BCUT2D eigenvalue weighted by molar-refractivity contribution is 0.359. The molecule has 0 bridgehead atoms. The molecule has 1 aromatic carbocycles. The molecular weight excluding hydrogens is 336 g/mol. The van der Waals surface area contributed by atoms with Crippen LogP contribution >= 0.6 is 15.9 Å². The number of hydrogen-bond acceptors (Lipinski definition) is 6. The number of benzene rings is 1. The number of ether oxygens (including phenoxy) is 2. The van der Waals surface area contributed by atoms with E-state index in [1.165, 1.54) is 7.11 Å². The minimum atomic E-state index is 0.190. The summed E-state index contributed by atoms with van der Waals surface area (Å²) in [6.45, 7) is 4.20. The van der Waals surface area contributed by atoms with Gasteiger partial charge in [-0.2, -0.15) is 9.97 Å². The van der Waals surface area contributed by atoms with Crippen molar-refractivity contribution in [3.8, 4) is 17.8 Å². The molecule has 0 aliphatic heterocycles. The van der Waals surface area contributed by atoms with Crippen LogP contribution in [0.15, 0.2) is 22.7 Å². The molecule has 0 aliphatic rings. The zero-order chi connectivity index (χ0) is 15.4. The van der Waals surface area contributed by atoms with Gasteiger partial charge < -0.3 is 14.8 Å². The molecule has 2 aromatic rings. The lowest BCUT2D eigenvalue weighted by atomic mass is 10.0. The number of anilines is 1. The van der Waals surface area contributed by atoms with E-state index in [9.17, 15) is 0 Å². The van der Waals surface area contributed by atoms with Gasteiger partial charge in [-0.3, -0.25) is 0 Å². The third kappa shape index (κ3) is 3.81. The van der Waals surface area contributed by atoms with E-state index in [0.717, 1.165) is 10.0 Å². The summed E-state index contributed by atoms with van der Waals surface area (Å²) < 4.78 is 11.9. The van der Waals surface area contributed by atoms with E-state index in [1.807, 2.05) is 18.2 Å². The van der Waals surface area contributed by atoms with Crippen molar-refractivity contribution in [1.82, 2.24) is 15.0 Å². The van der Waals surface area contributed by atoms with Crippen LogP contribution in [0.4, 0.5) is 5.95 Å². The highest BCUT2D eigenvalue weighted by Crippen LogP contribution is 2.32. The molecule has 0 atom stereocenters. The average Bonchev–Trinajstić information content (AvgIpc) is 2.48. The average molecular weight is 353 g/mol. The predicted molar refractivity (Wildman–Crippen MR) is 84.2 cm³/mol. The summed E-state index contributed by atoms with van der Waals surface area (Å²) in [6, 6.07) is 6.22. The van der Waals surface area contributed by atoms with E-state index < -0.39 is 0 Å². The molecule has 0 amide bonds. The van der Waals surface area contributed by atoms with E-state index in [1.54, 1.807) is 7.05 Å². The summed E-state index contributed by atoms with van der Waals surface area (Å²) in [7, 11) is 3.22. The highest BCUT2D eigenvalue weighted by atomic mass is 79.9. The van der Waals surface area contributed by atoms with Gasteiger partial charge in [-0.05, 0) is 29.7 Å². The summed E-state index contributed by atoms with van der Waals surface area (Å²) in [6.07, 6.45) is 0. The van der Waals surface area contributed by atoms with Crippen LogP contribution < -0.4 is 14.8 Å². The number of aromatic nitrogens is 3. The van der Waals surface area contributed by atoms with Crippen LogP contribution in [0.1, 0.15) is 25.3 Å². The molecule has 0 saturated heterocycles. The van der Waals surface area contributed by atoms with Gasteiger partial charge in [0.2, 0.25) is 5.95 Å². The zero-order valence-corrected chi connectivity index (χ0v) is 13.9. The molecule has 1 heterocycles. The molecule has 7 heteroatoms. The van der Waals surface area contributed by atoms with Crippen LogP contribution in [0, 0.1) is 0 Å². The maximum absolute atomic E-state index is 5.81. The Hall–Kier alpha value is -1.89. The van der Waals surface area contributed by atoms with Crippen molar-refractivity contribution < 1.29 is 9.47 Å². The second kappa shape index (κ2) is 6.71. The number of nitrogens with zero attached hydrogens (tertiary/aromatic N) is 3. The van der Waals surface area contributed by atoms with Gasteiger partial charge in [-0.15, -0.1) is 4.98 Å². The summed E-state index contributed by atoms with van der Waals surface area (Å²) in [5.74, 6) is 1.41. The number of methoxy groups -OCH3 is 1. The smallest absolute Gasteiger partial charge is 0.330 e. The third-order valence-corrected chi connectivity index (χ3v) is 3.29. The molecule has 0 saturated carbocycles. The van der Waals surface area contributed by atoms with Gasteiger partial charge >= 0.3 is 12.0 Å². The van der Waals surface area contributed by atoms with E-state index >= 15 is 0 Å². The molecule has 1 N–H and O–H groups in total. The summed E-state index contributed by atoms with van der Waals surface area (Å²) in [5.41, 5.74) is 1.06. The van der Waals surface area contributed by atoms with E-state index in [0.29, 0.717) is 17.6 Å². The molecule has 2 rings (SSSR count). The highest BCUT2D eigenvalue weighted by Gasteiger charge is 2.13. The fraction of sp³-hybridized carbons (Fsp3) is 0.357. The molecule has 21 heavy (non-hydrogen) atoms. The fourth-order valence-electron chi connectivity index (χ4n) is 1.75. The SMILES string of the molecule is CNc1nc(OC)nc(Oc2ccc(Br)cc2C(C)C)n1. The quantitative estimate of drug-likeness (QED) is 0.886. The van der Waals surface area contributed by atoms with Crippen molar-refractivity contribution >= 4 is 21.9 Å². The predicted octanol–water partition coefficient (Wildman–Crippen LogP) is 3.60. The summed E-state index contributed by atoms with van der Waals surface area (Å²) >= 11 is 3.47. The van der Waals surface area contributed by atoms with Crippen LogP contribution in [0.25, 0.3) is 0 Å². The second-order valence-corrected chi connectivity index (χ2v) is 5.53. The minimum absolute atomic E-state index is 0.190. The first kappa shape index (κ1) is 15.5. The Labute approximate surface area is 132 Å². The number of rotatable bonds is 5. The van der Waals surface area contributed by atoms with Crippen molar-refractivity contribution in [2.45, 2.75) is 19.8 Å². The topological polar surface area (TPSA) is 69.2 Å². The standard InChI is InChI=1S/C14H17BrN4O2/c1-8(2)10-7-9(15)5-6-11(10)21-14-18-12(16-3)17-13(19-14)20-4/h5-8H,1-4H3,(H,16,17,18,19). The van der Waals surface area contributed by atoms with E-state index in [4.69, 9.17) is 9.47 Å². The Morgan fingerprint density at radius 3 is 2.48 bits per heavy atom. The second-order valence-electron chi connectivity index (χ2n) is 4.62. The zero-order valence-electron chi connectivity index (χ0n) is 12.3. The number of halogens is 1. The molecule has 0 fully saturated rings. The van der Waals surface area contributed by atoms with Gasteiger partial charge in [-0.1, -0.05) is 29.8 Å². The van der Waals surface area contributed by atoms with Crippen LogP contribution in [-0.4, -0.2) is 29.1 Å². The Balaban J connectivity index is 2.38. The third-order valence-electron chi connectivity index (χ3n) is 2.80. The minimum Gasteiger partial charge on any atom is -0.467 e. The van der Waals surface area contributed by atoms with Gasteiger partial charge in [0.1, 0.15) is 5.75 Å². The maximum atomic E-state index is 5.81. The molecule has 6 nitrogen and oxygen atoms in total. The van der Waals surface area contributed by atoms with Gasteiger partial charge in [0.05, 0.1) is 7.11 Å². The van der Waals surface area contributed by atoms with Crippen molar-refractivity contribution in [1.29, 1.82) is 0 Å². The summed E-state index contributed by atoms with van der Waals surface area (Å²) in [5, 5.41) is 2.84. The van der Waals surface area contributed by atoms with Gasteiger partial charge in [0.15, 0.2) is 0 Å². The van der Waals surface area contributed by atoms with Crippen molar-refractivity contribution in [3.05, 3.63) is 28.2 Å². The molecule has 0 spiro atoms. The Kier molecular flexibility index (Phi) is 4.95. The van der Waals surface area contributed by atoms with Crippen molar-refractivity contribution in [3.63, 3.8) is 0 Å². The highest BCUT2D eigenvalue weighted by molar-refractivity contribution is 9.10. The lowest BCUT2D eigenvalue weighted by Gasteiger charge is -2.13. The van der Waals surface area contributed by atoms with Gasteiger partial charge in [-0.25, -0.2) is 0 Å². The van der Waals surface area contributed by atoms with Crippen LogP contribution in [0.2, 0.25) is 0 Å². The normalized spacial score (nSPS) is 10.6. The Morgan fingerprint density at radius 1 is 1.14 bits per heavy atom.